The second-order valence-electron chi connectivity index (χ2n) is 14.4. The van der Waals surface area contributed by atoms with Gasteiger partial charge < -0.3 is 4.74 Å². The smallest absolute Gasteiger partial charge is 0.0663 e. The first-order valence-corrected chi connectivity index (χ1v) is 10.7. The molecule has 0 aromatic heterocycles. The summed E-state index contributed by atoms with van der Waals surface area (Å²) in [7, 11) is 0. The van der Waals surface area contributed by atoms with E-state index in [1.54, 1.807) is 0 Å². The van der Waals surface area contributed by atoms with E-state index in [1.165, 1.54) is 0 Å². The maximum absolute atomic E-state index is 7.12. The zero-order valence-corrected chi connectivity index (χ0v) is 20.8. The van der Waals surface area contributed by atoms with Gasteiger partial charge >= 0.3 is 0 Å². The van der Waals surface area contributed by atoms with Gasteiger partial charge in [-0.15, -0.1) is 0 Å². The van der Waals surface area contributed by atoms with Crippen molar-refractivity contribution in [1.82, 2.24) is 0 Å². The third kappa shape index (κ3) is 5.06. The van der Waals surface area contributed by atoms with Gasteiger partial charge in [0.05, 0.1) is 12.2 Å². The molecule has 2 unspecified atom stereocenters. The van der Waals surface area contributed by atoms with Crippen molar-refractivity contribution in [2.45, 2.75) is 116 Å². The number of ether oxygens (including phenoxy) is 1. The number of hydrogen-bond donors (Lipinski definition) is 0. The first-order chi connectivity index (χ1) is 11.1. The fraction of sp³-hybridized carbons (Fsp3) is 1.00. The second-order valence-corrected chi connectivity index (χ2v) is 14.4. The Morgan fingerprint density at radius 2 is 0.577 bits per heavy atom. The molecule has 0 spiro atoms. The highest BCUT2D eigenvalue weighted by molar-refractivity contribution is 5.07. The predicted octanol–water partition coefficient (Wildman–Crippen LogP) is 7.83. The lowest BCUT2D eigenvalue weighted by Gasteiger charge is -2.63. The van der Waals surface area contributed by atoms with Crippen LogP contribution in [0.4, 0.5) is 0 Å². The molecule has 1 aliphatic heterocycles. The first-order valence-electron chi connectivity index (χ1n) is 10.7. The molecule has 0 radical (unpaired) electrons. The normalized spacial score (nSPS) is 32.7. The van der Waals surface area contributed by atoms with Gasteiger partial charge in [-0.1, -0.05) is 104 Å². The summed E-state index contributed by atoms with van der Waals surface area (Å²) < 4.78 is 7.12. The molecule has 1 fully saturated rings. The Morgan fingerprint density at radius 1 is 0.346 bits per heavy atom. The summed E-state index contributed by atoms with van der Waals surface area (Å²) in [5.74, 6) is 1.68. The molecule has 156 valence electrons. The predicted molar refractivity (Wildman–Crippen MR) is 116 cm³/mol. The Balaban J connectivity index is 3.77. The maximum Gasteiger partial charge on any atom is 0.0663 e. The quantitative estimate of drug-likeness (QED) is 0.424. The lowest BCUT2D eigenvalue weighted by atomic mass is 9.48. The largest absolute Gasteiger partial charge is 0.373 e. The van der Waals surface area contributed by atoms with Crippen LogP contribution < -0.4 is 0 Å². The van der Waals surface area contributed by atoms with Gasteiger partial charge in [-0.05, 0) is 44.8 Å². The molecule has 1 rings (SSSR count). The molecule has 5 atom stereocenters. The molecule has 1 aliphatic rings. The van der Waals surface area contributed by atoms with Crippen LogP contribution in [0.3, 0.4) is 0 Å². The fourth-order valence-electron chi connectivity index (χ4n) is 5.48. The third-order valence-electron chi connectivity index (χ3n) is 6.43. The van der Waals surface area contributed by atoms with E-state index in [0.29, 0.717) is 17.8 Å². The van der Waals surface area contributed by atoms with Gasteiger partial charge in [0.15, 0.2) is 0 Å². The van der Waals surface area contributed by atoms with E-state index in [0.717, 1.165) is 0 Å². The third-order valence-corrected chi connectivity index (χ3v) is 6.43. The highest BCUT2D eigenvalue weighted by Crippen LogP contribution is 2.60. The summed E-state index contributed by atoms with van der Waals surface area (Å²) in [6.07, 6.45) is 0.545. The van der Waals surface area contributed by atoms with Crippen LogP contribution in [0.5, 0.6) is 0 Å². The molecule has 0 aliphatic carbocycles. The topological polar surface area (TPSA) is 9.23 Å². The Kier molecular flexibility index (Phi) is 6.26. The van der Waals surface area contributed by atoms with Crippen LogP contribution >= 0.6 is 0 Å². The van der Waals surface area contributed by atoms with Crippen molar-refractivity contribution in [1.29, 1.82) is 0 Å². The molecule has 1 nitrogen and oxygen atoms in total. The van der Waals surface area contributed by atoms with E-state index in [2.05, 4.69) is 104 Å². The van der Waals surface area contributed by atoms with Gasteiger partial charge in [0.25, 0.3) is 0 Å². The van der Waals surface area contributed by atoms with E-state index in [9.17, 15) is 0 Å². The highest BCUT2D eigenvalue weighted by atomic mass is 16.5. The van der Waals surface area contributed by atoms with Crippen molar-refractivity contribution in [3.8, 4) is 0 Å². The van der Waals surface area contributed by atoms with E-state index in [1.807, 2.05) is 0 Å². The summed E-state index contributed by atoms with van der Waals surface area (Å²) in [5.41, 5.74) is 0.929. The van der Waals surface area contributed by atoms with E-state index >= 15 is 0 Å². The van der Waals surface area contributed by atoms with Crippen LogP contribution in [0.15, 0.2) is 0 Å². The monoisotopic (exact) mass is 366 g/mol. The van der Waals surface area contributed by atoms with Gasteiger partial charge in [0, 0.05) is 0 Å². The number of hydrogen-bond acceptors (Lipinski definition) is 1. The first kappa shape index (κ1) is 24.0. The Labute approximate surface area is 166 Å². The molecule has 0 bridgehead atoms. The summed E-state index contributed by atoms with van der Waals surface area (Å²) in [4.78, 5) is 0. The molecular formula is C25H50O. The summed E-state index contributed by atoms with van der Waals surface area (Å²) in [5, 5.41) is 0. The highest BCUT2D eigenvalue weighted by Gasteiger charge is 2.60. The fourth-order valence-corrected chi connectivity index (χ4v) is 5.48. The van der Waals surface area contributed by atoms with Crippen LogP contribution in [0.25, 0.3) is 0 Å². The van der Waals surface area contributed by atoms with Gasteiger partial charge in [-0.2, -0.15) is 0 Å². The minimum Gasteiger partial charge on any atom is -0.373 e. The van der Waals surface area contributed by atoms with Crippen molar-refractivity contribution in [3.63, 3.8) is 0 Å². The van der Waals surface area contributed by atoms with Crippen LogP contribution in [0.1, 0.15) is 104 Å². The van der Waals surface area contributed by atoms with Crippen molar-refractivity contribution in [3.05, 3.63) is 0 Å². The van der Waals surface area contributed by atoms with E-state index < -0.39 is 0 Å². The van der Waals surface area contributed by atoms with Gasteiger partial charge in [-0.3, -0.25) is 0 Å². The summed E-state index contributed by atoms with van der Waals surface area (Å²) in [6, 6.07) is 0. The lowest BCUT2D eigenvalue weighted by Crippen LogP contribution is -2.63. The zero-order chi connectivity index (χ0) is 21.1. The van der Waals surface area contributed by atoms with Crippen LogP contribution in [0.2, 0.25) is 0 Å². The van der Waals surface area contributed by atoms with Crippen molar-refractivity contribution < 1.29 is 4.74 Å². The molecule has 26 heavy (non-hydrogen) atoms. The molecule has 1 saturated heterocycles. The molecule has 0 N–H and O–H groups in total. The number of rotatable bonds is 0. The molecule has 0 amide bonds. The van der Waals surface area contributed by atoms with E-state index in [-0.39, 0.29) is 39.3 Å². The van der Waals surface area contributed by atoms with Crippen LogP contribution in [-0.4, -0.2) is 12.2 Å². The van der Waals surface area contributed by atoms with Gasteiger partial charge in [-0.25, -0.2) is 0 Å². The molecule has 0 aromatic rings. The Morgan fingerprint density at radius 3 is 0.731 bits per heavy atom. The molecule has 1 heteroatoms. The second kappa shape index (κ2) is 6.78. The van der Waals surface area contributed by atoms with E-state index in [4.69, 9.17) is 4.74 Å². The van der Waals surface area contributed by atoms with Crippen LogP contribution in [0, 0.1) is 44.8 Å². The average Bonchev–Trinajstić information content (AvgIpc) is 2.30. The average molecular weight is 367 g/mol. The van der Waals surface area contributed by atoms with Crippen molar-refractivity contribution >= 4 is 0 Å². The summed E-state index contributed by atoms with van der Waals surface area (Å²) in [6.45, 7) is 36.1. The lowest BCUT2D eigenvalue weighted by molar-refractivity contribution is -0.264. The van der Waals surface area contributed by atoms with Gasteiger partial charge in [0.1, 0.15) is 0 Å². The minimum atomic E-state index is 0.133. The van der Waals surface area contributed by atoms with Crippen molar-refractivity contribution in [2.75, 3.05) is 0 Å². The van der Waals surface area contributed by atoms with Gasteiger partial charge in [0.2, 0.25) is 0 Å². The SMILES string of the molecule is CC(C)(C)C1O[C@@H](C(C)(C)C)C(C(C)(C)C)[C@@H](C(C)(C)C)[C@@H]1C(C)(C)C. The summed E-state index contributed by atoms with van der Waals surface area (Å²) >= 11 is 0. The molecule has 0 aromatic carbocycles. The standard InChI is InChI=1S/C25H50O/c1-21(2,3)16-17(22(4,5)6)19(24(10,11)12)26-20(25(13,14)15)18(16)23(7,8)9/h16-20H,1-15H3/t16-,17-,18?,19?,20+/m0/s1. The minimum absolute atomic E-state index is 0.133. The zero-order valence-electron chi connectivity index (χ0n) is 20.8. The molecule has 0 saturated carbocycles. The van der Waals surface area contributed by atoms with Crippen molar-refractivity contribution in [2.24, 2.45) is 44.8 Å². The molecular weight excluding hydrogens is 316 g/mol. The maximum atomic E-state index is 7.12. The Bertz CT molecular complexity index is 429. The molecule has 1 heterocycles. The van der Waals surface area contributed by atoms with Crippen LogP contribution in [-0.2, 0) is 4.74 Å². The Hall–Kier alpha value is -0.0400.